The molecule has 0 aromatic heterocycles. The fourth-order valence-electron chi connectivity index (χ4n) is 2.33. The second kappa shape index (κ2) is 7.05. The molecule has 0 spiro atoms. The van der Waals surface area contributed by atoms with Crippen molar-refractivity contribution in [2.24, 2.45) is 5.73 Å². The maximum Gasteiger partial charge on any atom is 0.239 e. The second-order valence-corrected chi connectivity index (χ2v) is 5.07. The van der Waals surface area contributed by atoms with Crippen LogP contribution in [0.3, 0.4) is 0 Å². The molecule has 1 heterocycles. The van der Waals surface area contributed by atoms with Gasteiger partial charge in [-0.15, -0.1) is 0 Å². The minimum atomic E-state index is -0.111. The van der Waals surface area contributed by atoms with E-state index in [0.29, 0.717) is 25.9 Å². The lowest BCUT2D eigenvalue weighted by Gasteiger charge is -2.16. The van der Waals surface area contributed by atoms with Gasteiger partial charge in [0.25, 0.3) is 0 Å². The van der Waals surface area contributed by atoms with Crippen molar-refractivity contribution in [1.29, 1.82) is 0 Å². The summed E-state index contributed by atoms with van der Waals surface area (Å²) < 4.78 is 0. The molecule has 2 rings (SSSR count). The summed E-state index contributed by atoms with van der Waals surface area (Å²) in [5.41, 5.74) is 7.12. The molecule has 0 radical (unpaired) electrons. The van der Waals surface area contributed by atoms with Crippen molar-refractivity contribution in [3.8, 4) is 0 Å². The average molecular weight is 275 g/mol. The first-order valence-corrected chi connectivity index (χ1v) is 7.02. The molecule has 1 unspecified atom stereocenters. The van der Waals surface area contributed by atoms with E-state index < -0.39 is 0 Å². The van der Waals surface area contributed by atoms with Crippen molar-refractivity contribution < 1.29 is 9.59 Å². The minimum absolute atomic E-state index is 0.0705. The Balaban J connectivity index is 1.68. The van der Waals surface area contributed by atoms with E-state index in [9.17, 15) is 9.59 Å². The summed E-state index contributed by atoms with van der Waals surface area (Å²) in [5.74, 6) is -0.0401. The molecule has 0 bridgehead atoms. The maximum absolute atomic E-state index is 11.7. The van der Waals surface area contributed by atoms with Gasteiger partial charge in [-0.05, 0) is 18.4 Å². The highest BCUT2D eigenvalue weighted by atomic mass is 16.2. The van der Waals surface area contributed by atoms with Crippen LogP contribution in [-0.2, 0) is 9.59 Å². The predicted octanol–water partition coefficient (Wildman–Crippen LogP) is 0.815. The zero-order valence-corrected chi connectivity index (χ0v) is 11.5. The number of hydrogen-bond donors (Lipinski definition) is 2. The molecule has 20 heavy (non-hydrogen) atoms. The summed E-state index contributed by atoms with van der Waals surface area (Å²) in [6, 6.07) is 9.74. The van der Waals surface area contributed by atoms with Crippen LogP contribution in [0.25, 0.3) is 0 Å². The van der Waals surface area contributed by atoms with E-state index in [-0.39, 0.29) is 24.4 Å². The molecule has 1 fully saturated rings. The Kier molecular flexibility index (Phi) is 5.12. The third-order valence-electron chi connectivity index (χ3n) is 3.51. The van der Waals surface area contributed by atoms with Gasteiger partial charge >= 0.3 is 0 Å². The van der Waals surface area contributed by atoms with Crippen molar-refractivity contribution in [3.63, 3.8) is 0 Å². The fourth-order valence-corrected chi connectivity index (χ4v) is 2.33. The Bertz CT molecular complexity index is 461. The molecule has 1 aliphatic heterocycles. The predicted molar refractivity (Wildman–Crippen MR) is 76.8 cm³/mol. The number of rotatable bonds is 6. The standard InChI is InChI=1S/C15H21N3O2/c16-13(12-5-2-1-3-6-12)8-9-17-14(19)11-18-10-4-7-15(18)20/h1-3,5-6,13H,4,7-11,16H2,(H,17,19). The molecule has 108 valence electrons. The lowest BCUT2D eigenvalue weighted by molar-refractivity contribution is -0.133. The average Bonchev–Trinajstić information content (AvgIpc) is 2.85. The monoisotopic (exact) mass is 275 g/mol. The Morgan fingerprint density at radius 1 is 1.35 bits per heavy atom. The molecule has 5 nitrogen and oxygen atoms in total. The second-order valence-electron chi connectivity index (χ2n) is 5.07. The highest BCUT2D eigenvalue weighted by Crippen LogP contribution is 2.12. The molecular formula is C15H21N3O2. The van der Waals surface area contributed by atoms with E-state index in [1.54, 1.807) is 4.90 Å². The smallest absolute Gasteiger partial charge is 0.239 e. The van der Waals surface area contributed by atoms with E-state index in [2.05, 4.69) is 5.32 Å². The molecule has 1 saturated heterocycles. The lowest BCUT2D eigenvalue weighted by atomic mass is 10.1. The van der Waals surface area contributed by atoms with Crippen molar-refractivity contribution in [1.82, 2.24) is 10.2 Å². The molecule has 3 N–H and O–H groups in total. The molecule has 5 heteroatoms. The number of amides is 2. The number of hydrogen-bond acceptors (Lipinski definition) is 3. The SMILES string of the molecule is NC(CCNC(=O)CN1CCCC1=O)c1ccccc1. The first kappa shape index (κ1) is 14.5. The van der Waals surface area contributed by atoms with Gasteiger partial charge in [-0.3, -0.25) is 9.59 Å². The number of carbonyl (C=O) groups is 2. The van der Waals surface area contributed by atoms with Gasteiger partial charge in [0.15, 0.2) is 0 Å². The van der Waals surface area contributed by atoms with Crippen LogP contribution in [0.5, 0.6) is 0 Å². The van der Waals surface area contributed by atoms with Gasteiger partial charge in [0.1, 0.15) is 0 Å². The Morgan fingerprint density at radius 2 is 2.10 bits per heavy atom. The maximum atomic E-state index is 11.7. The van der Waals surface area contributed by atoms with Gasteiger partial charge in [0.05, 0.1) is 6.54 Å². The molecule has 1 atom stereocenters. The summed E-state index contributed by atoms with van der Waals surface area (Å²) in [7, 11) is 0. The number of nitrogens with two attached hydrogens (primary N) is 1. The topological polar surface area (TPSA) is 75.4 Å². The van der Waals surface area contributed by atoms with Crippen LogP contribution in [0.2, 0.25) is 0 Å². The van der Waals surface area contributed by atoms with Gasteiger partial charge in [-0.25, -0.2) is 0 Å². The van der Waals surface area contributed by atoms with Gasteiger partial charge in [0, 0.05) is 25.6 Å². The van der Waals surface area contributed by atoms with Crippen LogP contribution in [0.4, 0.5) is 0 Å². The summed E-state index contributed by atoms with van der Waals surface area (Å²) in [6.07, 6.45) is 2.10. The third-order valence-corrected chi connectivity index (χ3v) is 3.51. The minimum Gasteiger partial charge on any atom is -0.354 e. The Morgan fingerprint density at radius 3 is 2.75 bits per heavy atom. The molecule has 1 aliphatic rings. The van der Waals surface area contributed by atoms with Crippen LogP contribution >= 0.6 is 0 Å². The van der Waals surface area contributed by atoms with Crippen LogP contribution < -0.4 is 11.1 Å². The van der Waals surface area contributed by atoms with E-state index >= 15 is 0 Å². The molecule has 0 saturated carbocycles. The summed E-state index contributed by atoms with van der Waals surface area (Å²) in [4.78, 5) is 24.7. The number of carbonyl (C=O) groups excluding carboxylic acids is 2. The fraction of sp³-hybridized carbons (Fsp3) is 0.467. The van der Waals surface area contributed by atoms with Gasteiger partial charge in [0.2, 0.25) is 11.8 Å². The van der Waals surface area contributed by atoms with Crippen molar-refractivity contribution in [3.05, 3.63) is 35.9 Å². The Labute approximate surface area is 119 Å². The van der Waals surface area contributed by atoms with Crippen molar-refractivity contribution in [2.75, 3.05) is 19.6 Å². The third kappa shape index (κ3) is 4.06. The first-order chi connectivity index (χ1) is 9.66. The van der Waals surface area contributed by atoms with Crippen LogP contribution in [0.15, 0.2) is 30.3 Å². The van der Waals surface area contributed by atoms with Crippen molar-refractivity contribution >= 4 is 11.8 Å². The molecule has 0 aliphatic carbocycles. The van der Waals surface area contributed by atoms with Crippen molar-refractivity contribution in [2.45, 2.75) is 25.3 Å². The summed E-state index contributed by atoms with van der Waals surface area (Å²) >= 11 is 0. The van der Waals surface area contributed by atoms with Gasteiger partial charge in [-0.2, -0.15) is 0 Å². The van der Waals surface area contributed by atoms with E-state index in [4.69, 9.17) is 5.73 Å². The lowest BCUT2D eigenvalue weighted by Crippen LogP contribution is -2.38. The molecule has 1 aromatic carbocycles. The zero-order chi connectivity index (χ0) is 14.4. The number of nitrogens with zero attached hydrogens (tertiary/aromatic N) is 1. The normalized spacial score (nSPS) is 16.2. The van der Waals surface area contributed by atoms with E-state index in [1.165, 1.54) is 0 Å². The number of nitrogens with one attached hydrogen (secondary N) is 1. The van der Waals surface area contributed by atoms with Crippen LogP contribution in [0, 0.1) is 0 Å². The summed E-state index contributed by atoms with van der Waals surface area (Å²) in [6.45, 7) is 1.38. The van der Waals surface area contributed by atoms with Crippen LogP contribution in [0.1, 0.15) is 30.9 Å². The van der Waals surface area contributed by atoms with Crippen LogP contribution in [-0.4, -0.2) is 36.3 Å². The molecule has 1 aromatic rings. The highest BCUT2D eigenvalue weighted by molar-refractivity contribution is 5.85. The van der Waals surface area contributed by atoms with E-state index in [0.717, 1.165) is 12.0 Å². The quantitative estimate of drug-likeness (QED) is 0.807. The summed E-state index contributed by atoms with van der Waals surface area (Å²) in [5, 5.41) is 2.82. The van der Waals surface area contributed by atoms with E-state index in [1.807, 2.05) is 30.3 Å². The zero-order valence-electron chi connectivity index (χ0n) is 11.5. The molecule has 2 amide bonds. The van der Waals surface area contributed by atoms with Gasteiger partial charge < -0.3 is 16.0 Å². The number of likely N-dealkylation sites (tertiary alicyclic amines) is 1. The number of benzene rings is 1. The Hall–Kier alpha value is -1.88. The van der Waals surface area contributed by atoms with Gasteiger partial charge in [-0.1, -0.05) is 30.3 Å². The highest BCUT2D eigenvalue weighted by Gasteiger charge is 2.22. The largest absolute Gasteiger partial charge is 0.354 e. The molecular weight excluding hydrogens is 254 g/mol. The first-order valence-electron chi connectivity index (χ1n) is 7.02.